The van der Waals surface area contributed by atoms with Crippen molar-refractivity contribution in [3.8, 4) is 0 Å². The highest BCUT2D eigenvalue weighted by molar-refractivity contribution is 5.98. The van der Waals surface area contributed by atoms with Crippen LogP contribution in [0.3, 0.4) is 0 Å². The van der Waals surface area contributed by atoms with Gasteiger partial charge >= 0.3 is 5.97 Å². The zero-order chi connectivity index (χ0) is 14.9. The van der Waals surface area contributed by atoms with Gasteiger partial charge in [-0.05, 0) is 45.1 Å². The van der Waals surface area contributed by atoms with Crippen LogP contribution in [0, 0.1) is 12.8 Å². The molecule has 0 aromatic carbocycles. The molecule has 1 unspecified atom stereocenters. The zero-order valence-corrected chi connectivity index (χ0v) is 11.9. The van der Waals surface area contributed by atoms with Crippen LogP contribution in [-0.4, -0.2) is 32.7 Å². The molecule has 0 saturated heterocycles. The Kier molecular flexibility index (Phi) is 3.74. The predicted molar refractivity (Wildman–Crippen MR) is 72.4 cm³/mol. The number of aryl methyl sites for hydroxylation is 2. The fourth-order valence-electron chi connectivity index (χ4n) is 2.27. The van der Waals surface area contributed by atoms with Crippen LogP contribution in [0.2, 0.25) is 0 Å². The third-order valence-electron chi connectivity index (χ3n) is 3.78. The summed E-state index contributed by atoms with van der Waals surface area (Å²) in [6.45, 7) is 5.20. The maximum Gasteiger partial charge on any atom is 0.329 e. The number of hydrogen-bond acceptors (Lipinski definition) is 4. The molecular weight excluding hydrogens is 258 g/mol. The van der Waals surface area contributed by atoms with E-state index in [1.54, 1.807) is 19.9 Å². The predicted octanol–water partition coefficient (Wildman–Crippen LogP) is 1.33. The highest BCUT2D eigenvalue weighted by atomic mass is 16.4. The van der Waals surface area contributed by atoms with E-state index < -0.39 is 17.4 Å². The Labute approximate surface area is 117 Å². The van der Waals surface area contributed by atoms with Crippen LogP contribution in [0.1, 0.15) is 48.4 Å². The summed E-state index contributed by atoms with van der Waals surface area (Å²) in [6.07, 6.45) is 2.23. The van der Waals surface area contributed by atoms with Crippen LogP contribution < -0.4 is 5.32 Å². The maximum absolute atomic E-state index is 12.4. The van der Waals surface area contributed by atoms with Gasteiger partial charge in [0.25, 0.3) is 5.91 Å². The zero-order valence-electron chi connectivity index (χ0n) is 11.9. The van der Waals surface area contributed by atoms with E-state index in [1.807, 2.05) is 6.92 Å². The van der Waals surface area contributed by atoms with Gasteiger partial charge in [-0.3, -0.25) is 4.79 Å². The summed E-state index contributed by atoms with van der Waals surface area (Å²) in [6, 6.07) is 1.65. The molecule has 0 radical (unpaired) electrons. The van der Waals surface area contributed by atoms with E-state index in [4.69, 9.17) is 0 Å². The van der Waals surface area contributed by atoms with Crippen LogP contribution in [0.25, 0.3) is 0 Å². The first-order valence-corrected chi connectivity index (χ1v) is 6.77. The number of hydrogen-bond donors (Lipinski definition) is 2. The largest absolute Gasteiger partial charge is 0.480 e. The number of carboxylic acid groups (broad SMARTS) is 1. The van der Waals surface area contributed by atoms with Gasteiger partial charge in [-0.15, -0.1) is 0 Å². The van der Waals surface area contributed by atoms with E-state index >= 15 is 0 Å². The number of aromatic nitrogens is 2. The average molecular weight is 277 g/mol. The molecule has 1 saturated carbocycles. The van der Waals surface area contributed by atoms with E-state index in [0.717, 1.165) is 12.8 Å². The average Bonchev–Trinajstić information content (AvgIpc) is 3.22. The summed E-state index contributed by atoms with van der Waals surface area (Å²) in [5.74, 6) is -1.38. The quantitative estimate of drug-likeness (QED) is 0.847. The molecule has 1 aliphatic carbocycles. The van der Waals surface area contributed by atoms with Crippen molar-refractivity contribution in [2.45, 2.75) is 45.6 Å². The van der Waals surface area contributed by atoms with Crippen LogP contribution in [0.5, 0.6) is 0 Å². The van der Waals surface area contributed by atoms with E-state index in [9.17, 15) is 14.7 Å². The number of nitrogens with one attached hydrogen (secondary N) is 1. The SMILES string of the molecule is CCc1nnc(C)cc1C(=O)NC(C)(C(=O)O)C1CC1. The summed E-state index contributed by atoms with van der Waals surface area (Å²) in [5.41, 5.74) is 0.416. The Bertz CT molecular complexity index is 555. The second-order valence-electron chi connectivity index (χ2n) is 5.44. The van der Waals surface area contributed by atoms with Gasteiger partial charge in [0.05, 0.1) is 17.0 Å². The number of carbonyl (C=O) groups is 2. The lowest BCUT2D eigenvalue weighted by atomic mass is 9.95. The molecule has 108 valence electrons. The standard InChI is InChI=1S/C14H19N3O3/c1-4-11-10(7-8(2)16-17-11)12(18)15-14(3,13(19)20)9-5-6-9/h7,9H,4-6H2,1-3H3,(H,15,18)(H,19,20). The maximum atomic E-state index is 12.4. The molecule has 20 heavy (non-hydrogen) atoms. The second-order valence-corrected chi connectivity index (χ2v) is 5.44. The minimum absolute atomic E-state index is 0.00456. The van der Waals surface area contributed by atoms with Crippen LogP contribution in [0.4, 0.5) is 0 Å². The molecule has 1 aromatic rings. The summed E-state index contributed by atoms with van der Waals surface area (Å²) in [5, 5.41) is 20.0. The molecule has 2 N–H and O–H groups in total. The molecule has 6 heteroatoms. The summed E-state index contributed by atoms with van der Waals surface area (Å²) >= 11 is 0. The first kappa shape index (κ1) is 14.4. The van der Waals surface area contributed by atoms with Crippen LogP contribution in [0.15, 0.2) is 6.07 Å². The highest BCUT2D eigenvalue weighted by Crippen LogP contribution is 2.39. The Balaban J connectivity index is 2.27. The molecule has 1 aliphatic rings. The number of aliphatic carboxylic acids is 1. The second kappa shape index (κ2) is 5.19. The van der Waals surface area contributed by atoms with Gasteiger partial charge in [0.2, 0.25) is 0 Å². The topological polar surface area (TPSA) is 92.2 Å². The third-order valence-corrected chi connectivity index (χ3v) is 3.78. The molecule has 2 rings (SSSR count). The highest BCUT2D eigenvalue weighted by Gasteiger charge is 2.48. The fourth-order valence-corrected chi connectivity index (χ4v) is 2.27. The monoisotopic (exact) mass is 277 g/mol. The van der Waals surface area contributed by atoms with E-state index in [0.29, 0.717) is 23.4 Å². The Morgan fingerprint density at radius 3 is 2.60 bits per heavy atom. The van der Waals surface area contributed by atoms with Crippen molar-refractivity contribution in [2.75, 3.05) is 0 Å². The first-order chi connectivity index (χ1) is 9.38. The van der Waals surface area contributed by atoms with E-state index in [2.05, 4.69) is 15.5 Å². The van der Waals surface area contributed by atoms with Gasteiger partial charge in [-0.2, -0.15) is 10.2 Å². The van der Waals surface area contributed by atoms with Crippen molar-refractivity contribution in [3.05, 3.63) is 23.0 Å². The lowest BCUT2D eigenvalue weighted by molar-refractivity contribution is -0.144. The molecule has 0 spiro atoms. The molecule has 0 aliphatic heterocycles. The van der Waals surface area contributed by atoms with Gasteiger partial charge in [0.15, 0.2) is 0 Å². The summed E-state index contributed by atoms with van der Waals surface area (Å²) in [7, 11) is 0. The van der Waals surface area contributed by atoms with E-state index in [-0.39, 0.29) is 5.92 Å². The van der Waals surface area contributed by atoms with Crippen molar-refractivity contribution in [2.24, 2.45) is 5.92 Å². The minimum atomic E-state index is -1.21. The first-order valence-electron chi connectivity index (χ1n) is 6.77. The smallest absolute Gasteiger partial charge is 0.329 e. The molecule has 1 atom stereocenters. The third kappa shape index (κ3) is 2.64. The number of nitrogens with zero attached hydrogens (tertiary/aromatic N) is 2. The fraction of sp³-hybridized carbons (Fsp3) is 0.571. The van der Waals surface area contributed by atoms with Gasteiger partial charge in [-0.25, -0.2) is 4.79 Å². The Morgan fingerprint density at radius 2 is 2.10 bits per heavy atom. The van der Waals surface area contributed by atoms with Crippen molar-refractivity contribution >= 4 is 11.9 Å². The van der Waals surface area contributed by atoms with Crippen molar-refractivity contribution in [3.63, 3.8) is 0 Å². The molecule has 1 fully saturated rings. The van der Waals surface area contributed by atoms with Gasteiger partial charge in [0.1, 0.15) is 5.54 Å². The van der Waals surface area contributed by atoms with Crippen LogP contribution in [-0.2, 0) is 11.2 Å². The number of rotatable bonds is 5. The van der Waals surface area contributed by atoms with E-state index in [1.165, 1.54) is 0 Å². The van der Waals surface area contributed by atoms with Crippen molar-refractivity contribution in [1.29, 1.82) is 0 Å². The number of carbonyl (C=O) groups excluding carboxylic acids is 1. The Morgan fingerprint density at radius 1 is 1.45 bits per heavy atom. The van der Waals surface area contributed by atoms with Gasteiger partial charge in [0, 0.05) is 0 Å². The summed E-state index contributed by atoms with van der Waals surface area (Å²) in [4.78, 5) is 23.8. The molecule has 0 bridgehead atoms. The molecule has 1 aromatic heterocycles. The number of amides is 1. The Hall–Kier alpha value is -1.98. The van der Waals surface area contributed by atoms with Gasteiger partial charge < -0.3 is 10.4 Å². The summed E-state index contributed by atoms with van der Waals surface area (Å²) < 4.78 is 0. The van der Waals surface area contributed by atoms with Gasteiger partial charge in [-0.1, -0.05) is 6.92 Å². The lowest BCUT2D eigenvalue weighted by Crippen LogP contribution is -2.54. The van der Waals surface area contributed by atoms with Crippen molar-refractivity contribution in [1.82, 2.24) is 15.5 Å². The minimum Gasteiger partial charge on any atom is -0.480 e. The molecule has 1 heterocycles. The van der Waals surface area contributed by atoms with Crippen molar-refractivity contribution < 1.29 is 14.7 Å². The molecular formula is C14H19N3O3. The number of carboxylic acids is 1. The molecule has 6 nitrogen and oxygen atoms in total. The normalized spacial score (nSPS) is 17.4. The lowest BCUT2D eigenvalue weighted by Gasteiger charge is -2.26. The van der Waals surface area contributed by atoms with Crippen LogP contribution >= 0.6 is 0 Å². The molecule has 1 amide bonds.